The molecule has 0 aromatic carbocycles. The lowest BCUT2D eigenvalue weighted by Gasteiger charge is -2.38. The third kappa shape index (κ3) is 10.0. The van der Waals surface area contributed by atoms with Gasteiger partial charge >= 0.3 is 6.18 Å². The summed E-state index contributed by atoms with van der Waals surface area (Å²) in [4.78, 5) is 6.92. The van der Waals surface area contributed by atoms with Gasteiger partial charge in [-0.15, -0.1) is 0 Å². The molecular weight excluding hydrogens is 453 g/mol. The largest absolute Gasteiger partial charge is 0.434 e. The SMILES string of the molecule is NCCOCCOCCOCCOC[C@H]1OC[C@H](Nc2cncc(C(F)(F)F)n2)[C@@H](O)[C@H]1O. The van der Waals surface area contributed by atoms with E-state index in [1.54, 1.807) is 0 Å². The van der Waals surface area contributed by atoms with Crippen LogP contribution in [0.4, 0.5) is 19.0 Å². The average molecular weight is 484 g/mol. The van der Waals surface area contributed by atoms with E-state index in [1.807, 2.05) is 0 Å². The second kappa shape index (κ2) is 14.6. The summed E-state index contributed by atoms with van der Waals surface area (Å²) in [6.45, 7) is 3.16. The zero-order chi connectivity index (χ0) is 24.1. The van der Waals surface area contributed by atoms with Crippen LogP contribution in [-0.2, 0) is 29.9 Å². The van der Waals surface area contributed by atoms with Crippen molar-refractivity contribution in [3.8, 4) is 0 Å². The summed E-state index contributed by atoms with van der Waals surface area (Å²) < 4.78 is 65.0. The fraction of sp³-hybridized carbons (Fsp3) is 0.789. The molecule has 0 unspecified atom stereocenters. The zero-order valence-electron chi connectivity index (χ0n) is 18.1. The van der Waals surface area contributed by atoms with Gasteiger partial charge in [-0.25, -0.2) is 4.98 Å². The van der Waals surface area contributed by atoms with E-state index >= 15 is 0 Å². The van der Waals surface area contributed by atoms with E-state index < -0.39 is 36.2 Å². The lowest BCUT2D eigenvalue weighted by molar-refractivity contribution is -0.161. The molecule has 0 bridgehead atoms. The number of rotatable bonds is 15. The molecule has 0 radical (unpaired) electrons. The first-order chi connectivity index (χ1) is 15.8. The molecule has 190 valence electrons. The molecule has 14 heteroatoms. The van der Waals surface area contributed by atoms with E-state index in [-0.39, 0.29) is 25.6 Å². The van der Waals surface area contributed by atoms with Crippen molar-refractivity contribution in [1.29, 1.82) is 0 Å². The molecule has 33 heavy (non-hydrogen) atoms. The maximum absolute atomic E-state index is 12.8. The first-order valence-electron chi connectivity index (χ1n) is 10.5. The van der Waals surface area contributed by atoms with Crippen LogP contribution >= 0.6 is 0 Å². The second-order valence-electron chi connectivity index (χ2n) is 7.09. The molecule has 0 spiro atoms. The van der Waals surface area contributed by atoms with Crippen LogP contribution in [0.3, 0.4) is 0 Å². The highest BCUT2D eigenvalue weighted by atomic mass is 19.4. The van der Waals surface area contributed by atoms with Crippen LogP contribution in [0.5, 0.6) is 0 Å². The number of alkyl halides is 3. The summed E-state index contributed by atoms with van der Waals surface area (Å²) in [6, 6.07) is -0.877. The van der Waals surface area contributed by atoms with Crippen molar-refractivity contribution in [2.45, 2.75) is 30.5 Å². The number of aliphatic hydroxyl groups excluding tert-OH is 2. The van der Waals surface area contributed by atoms with Gasteiger partial charge in [0.25, 0.3) is 0 Å². The van der Waals surface area contributed by atoms with Gasteiger partial charge in [0.05, 0.1) is 77.9 Å². The van der Waals surface area contributed by atoms with Crippen molar-refractivity contribution in [2.75, 3.05) is 71.3 Å². The number of aliphatic hydroxyl groups is 2. The van der Waals surface area contributed by atoms with Crippen LogP contribution in [0, 0.1) is 0 Å². The summed E-state index contributed by atoms with van der Waals surface area (Å²) >= 11 is 0. The number of hydrogen-bond donors (Lipinski definition) is 4. The molecule has 0 amide bonds. The molecule has 1 aromatic rings. The van der Waals surface area contributed by atoms with Crippen LogP contribution < -0.4 is 11.1 Å². The minimum atomic E-state index is -4.65. The van der Waals surface area contributed by atoms with E-state index in [4.69, 9.17) is 29.4 Å². The minimum Gasteiger partial charge on any atom is -0.388 e. The van der Waals surface area contributed by atoms with Crippen molar-refractivity contribution in [2.24, 2.45) is 5.73 Å². The van der Waals surface area contributed by atoms with Gasteiger partial charge in [-0.1, -0.05) is 0 Å². The predicted octanol–water partition coefficient (Wildman–Crippen LogP) is -0.578. The molecule has 1 aromatic heterocycles. The van der Waals surface area contributed by atoms with E-state index in [9.17, 15) is 23.4 Å². The smallest absolute Gasteiger partial charge is 0.388 e. The van der Waals surface area contributed by atoms with Crippen LogP contribution in [0.25, 0.3) is 0 Å². The topological polar surface area (TPSA) is 150 Å². The van der Waals surface area contributed by atoms with Crippen LogP contribution in [0.2, 0.25) is 0 Å². The molecular formula is C19H31F3N4O7. The molecule has 0 saturated carbocycles. The van der Waals surface area contributed by atoms with Gasteiger partial charge < -0.3 is 44.9 Å². The van der Waals surface area contributed by atoms with Crippen LogP contribution in [-0.4, -0.2) is 111 Å². The van der Waals surface area contributed by atoms with Crippen molar-refractivity contribution < 1.29 is 47.1 Å². The lowest BCUT2D eigenvalue weighted by atomic mass is 9.98. The highest BCUT2D eigenvalue weighted by molar-refractivity contribution is 5.34. The molecule has 2 rings (SSSR count). The fourth-order valence-corrected chi connectivity index (χ4v) is 2.86. The Balaban J connectivity index is 1.60. The molecule has 1 saturated heterocycles. The first kappa shape index (κ1) is 27.6. The molecule has 1 aliphatic rings. The van der Waals surface area contributed by atoms with E-state index in [0.29, 0.717) is 52.4 Å². The van der Waals surface area contributed by atoms with Gasteiger partial charge in [0.2, 0.25) is 0 Å². The van der Waals surface area contributed by atoms with E-state index in [1.165, 1.54) is 0 Å². The van der Waals surface area contributed by atoms with Crippen molar-refractivity contribution in [3.05, 3.63) is 18.1 Å². The third-order valence-electron chi connectivity index (χ3n) is 4.55. The number of ether oxygens (including phenoxy) is 5. The van der Waals surface area contributed by atoms with Gasteiger partial charge in [0.15, 0.2) is 5.69 Å². The number of aromatic nitrogens is 2. The summed E-state index contributed by atoms with van der Waals surface area (Å²) in [5.41, 5.74) is 4.12. The van der Waals surface area contributed by atoms with Gasteiger partial charge in [0, 0.05) is 6.54 Å². The second-order valence-corrected chi connectivity index (χ2v) is 7.09. The number of anilines is 1. The van der Waals surface area contributed by atoms with Gasteiger partial charge in [-0.05, 0) is 0 Å². The summed E-state index contributed by atoms with van der Waals surface area (Å²) in [5, 5.41) is 23.2. The fourth-order valence-electron chi connectivity index (χ4n) is 2.86. The molecule has 0 aliphatic carbocycles. The Hall–Kier alpha value is -1.65. The Kier molecular flexibility index (Phi) is 12.2. The maximum atomic E-state index is 12.8. The lowest BCUT2D eigenvalue weighted by Crippen LogP contribution is -2.57. The van der Waals surface area contributed by atoms with Crippen molar-refractivity contribution in [1.82, 2.24) is 9.97 Å². The first-order valence-corrected chi connectivity index (χ1v) is 10.5. The third-order valence-corrected chi connectivity index (χ3v) is 4.55. The quantitative estimate of drug-likeness (QED) is 0.237. The minimum absolute atomic E-state index is 0.00660. The van der Waals surface area contributed by atoms with E-state index in [2.05, 4.69) is 15.3 Å². The Morgan fingerprint density at radius 2 is 1.58 bits per heavy atom. The van der Waals surface area contributed by atoms with Crippen molar-refractivity contribution in [3.63, 3.8) is 0 Å². The maximum Gasteiger partial charge on any atom is 0.434 e. The monoisotopic (exact) mass is 484 g/mol. The molecule has 2 heterocycles. The van der Waals surface area contributed by atoms with Gasteiger partial charge in [-0.2, -0.15) is 13.2 Å². The number of nitrogens with zero attached hydrogens (tertiary/aromatic N) is 2. The Bertz CT molecular complexity index is 675. The predicted molar refractivity (Wildman–Crippen MR) is 109 cm³/mol. The summed E-state index contributed by atoms with van der Waals surface area (Å²) in [5.74, 6) is -0.191. The number of nitrogens with one attached hydrogen (secondary N) is 1. The average Bonchev–Trinajstić information content (AvgIpc) is 2.78. The molecule has 5 N–H and O–H groups in total. The highest BCUT2D eigenvalue weighted by Crippen LogP contribution is 2.28. The molecule has 4 atom stereocenters. The van der Waals surface area contributed by atoms with Crippen LogP contribution in [0.15, 0.2) is 12.4 Å². The van der Waals surface area contributed by atoms with Crippen molar-refractivity contribution >= 4 is 5.82 Å². The molecule has 1 fully saturated rings. The Morgan fingerprint density at radius 3 is 2.18 bits per heavy atom. The summed E-state index contributed by atoms with van der Waals surface area (Å²) in [7, 11) is 0. The molecule has 1 aliphatic heterocycles. The zero-order valence-corrected chi connectivity index (χ0v) is 18.1. The standard InChI is InChI=1S/C19H31F3N4O7/c20-19(21,22)15-9-24-10-16(26-15)25-13-11-33-14(18(28)17(13)27)12-32-8-7-31-6-5-30-4-3-29-2-1-23/h9-10,13-14,17-18,27-28H,1-8,11-12,23H2,(H,25,26)/t13-,14+,17+,18-/m0/s1. The van der Waals surface area contributed by atoms with Crippen LogP contribution in [0.1, 0.15) is 5.69 Å². The number of halogens is 3. The highest BCUT2D eigenvalue weighted by Gasteiger charge is 2.39. The van der Waals surface area contributed by atoms with E-state index in [0.717, 1.165) is 6.20 Å². The normalized spacial score (nSPS) is 23.6. The Labute approximate surface area is 189 Å². The molecule has 11 nitrogen and oxygen atoms in total. The van der Waals surface area contributed by atoms with Gasteiger partial charge in [-0.3, -0.25) is 4.98 Å². The number of nitrogens with two attached hydrogens (primary N) is 1. The Morgan fingerprint density at radius 1 is 0.970 bits per heavy atom. The number of hydrogen-bond acceptors (Lipinski definition) is 11. The van der Waals surface area contributed by atoms with Gasteiger partial charge in [0.1, 0.15) is 24.1 Å². The summed E-state index contributed by atoms with van der Waals surface area (Å²) in [6.07, 6.45) is -6.40.